The van der Waals surface area contributed by atoms with E-state index >= 15 is 0 Å². The number of aliphatic hydroxyl groups is 2. The van der Waals surface area contributed by atoms with Crippen molar-refractivity contribution in [2.75, 3.05) is 0 Å². The zero-order chi connectivity index (χ0) is 7.84. The lowest BCUT2D eigenvalue weighted by atomic mass is 10.4. The molecule has 2 N–H and O–H groups in total. The maximum atomic E-state index is 9.25. The number of ether oxygens (including phenoxy) is 1. The Kier molecular flexibility index (Phi) is 1.87. The minimum absolute atomic E-state index is 0.295. The van der Waals surface area contributed by atoms with E-state index in [0.717, 1.165) is 25.7 Å². The summed E-state index contributed by atoms with van der Waals surface area (Å²) in [5.74, 6) is 0.590. The summed E-state index contributed by atoms with van der Waals surface area (Å²) in [5.41, 5.74) is 0. The molecule has 2 atom stereocenters. The van der Waals surface area contributed by atoms with Gasteiger partial charge in [-0.3, -0.25) is 0 Å². The Hall–Kier alpha value is -0.120. The Morgan fingerprint density at radius 1 is 0.909 bits per heavy atom. The summed E-state index contributed by atoms with van der Waals surface area (Å²) in [6.45, 7) is 0. The summed E-state index contributed by atoms with van der Waals surface area (Å²) >= 11 is 0. The molecule has 0 radical (unpaired) electrons. The van der Waals surface area contributed by atoms with Crippen molar-refractivity contribution in [3.05, 3.63) is 0 Å². The minimum Gasteiger partial charge on any atom is -0.368 e. The van der Waals surface area contributed by atoms with Crippen molar-refractivity contribution in [3.63, 3.8) is 0 Å². The van der Waals surface area contributed by atoms with Gasteiger partial charge in [0.25, 0.3) is 0 Å². The molecule has 0 saturated heterocycles. The van der Waals surface area contributed by atoms with Crippen LogP contribution in [0, 0.1) is 11.8 Å². The topological polar surface area (TPSA) is 49.7 Å². The second kappa shape index (κ2) is 2.73. The predicted octanol–water partition coefficient (Wildman–Crippen LogP) is 0.460. The average molecular weight is 158 g/mol. The Morgan fingerprint density at radius 2 is 1.27 bits per heavy atom. The third-order valence-corrected chi connectivity index (χ3v) is 2.33. The Labute approximate surface area is 66.0 Å². The van der Waals surface area contributed by atoms with Crippen LogP contribution in [0.4, 0.5) is 0 Å². The first-order valence-corrected chi connectivity index (χ1v) is 4.29. The lowest BCUT2D eigenvalue weighted by molar-refractivity contribution is -0.222. The second-order valence-electron chi connectivity index (χ2n) is 3.59. The summed E-state index contributed by atoms with van der Waals surface area (Å²) in [6, 6.07) is 0. The fourth-order valence-electron chi connectivity index (χ4n) is 1.13. The van der Waals surface area contributed by atoms with Gasteiger partial charge in [0, 0.05) is 11.8 Å². The molecular formula is C8H14O3. The zero-order valence-electron chi connectivity index (χ0n) is 6.44. The summed E-state index contributed by atoms with van der Waals surface area (Å²) in [6.07, 6.45) is 2.73. The number of hydrogen-bond donors (Lipinski definition) is 2. The van der Waals surface area contributed by atoms with Gasteiger partial charge in [0.05, 0.1) is 0 Å². The van der Waals surface area contributed by atoms with Gasteiger partial charge < -0.3 is 14.9 Å². The SMILES string of the molecule is OC(OC(O)C1CC1)C1CC1. The molecule has 2 fully saturated rings. The molecule has 0 heterocycles. The number of rotatable bonds is 4. The average Bonchev–Trinajstić information content (AvgIpc) is 2.84. The van der Waals surface area contributed by atoms with E-state index in [1.165, 1.54) is 0 Å². The predicted molar refractivity (Wildman–Crippen MR) is 38.5 cm³/mol. The number of hydrogen-bond acceptors (Lipinski definition) is 3. The Morgan fingerprint density at radius 3 is 1.55 bits per heavy atom. The molecule has 0 aromatic heterocycles. The van der Waals surface area contributed by atoms with Crippen molar-refractivity contribution in [2.45, 2.75) is 38.3 Å². The van der Waals surface area contributed by atoms with Crippen molar-refractivity contribution >= 4 is 0 Å². The highest BCUT2D eigenvalue weighted by molar-refractivity contribution is 4.79. The van der Waals surface area contributed by atoms with Crippen LogP contribution in [-0.2, 0) is 4.74 Å². The van der Waals surface area contributed by atoms with E-state index < -0.39 is 12.6 Å². The van der Waals surface area contributed by atoms with Gasteiger partial charge in [-0.2, -0.15) is 0 Å². The summed E-state index contributed by atoms with van der Waals surface area (Å²) < 4.78 is 5.01. The van der Waals surface area contributed by atoms with Crippen LogP contribution in [0.5, 0.6) is 0 Å². The Balaban J connectivity index is 1.69. The van der Waals surface area contributed by atoms with E-state index in [9.17, 15) is 10.2 Å². The molecule has 11 heavy (non-hydrogen) atoms. The van der Waals surface area contributed by atoms with Gasteiger partial charge in [0.15, 0.2) is 12.6 Å². The maximum Gasteiger partial charge on any atom is 0.160 e. The fraction of sp³-hybridized carbons (Fsp3) is 1.00. The fourth-order valence-corrected chi connectivity index (χ4v) is 1.13. The molecule has 3 heteroatoms. The van der Waals surface area contributed by atoms with Crippen LogP contribution in [0.3, 0.4) is 0 Å². The molecule has 0 aliphatic heterocycles. The van der Waals surface area contributed by atoms with E-state index in [1.54, 1.807) is 0 Å². The summed E-state index contributed by atoms with van der Waals surface area (Å²) in [4.78, 5) is 0. The third kappa shape index (κ3) is 1.92. The van der Waals surface area contributed by atoms with Crippen LogP contribution in [0.15, 0.2) is 0 Å². The molecule has 2 aliphatic carbocycles. The van der Waals surface area contributed by atoms with Gasteiger partial charge >= 0.3 is 0 Å². The van der Waals surface area contributed by atoms with Crippen LogP contribution in [0.1, 0.15) is 25.7 Å². The van der Waals surface area contributed by atoms with Crippen molar-refractivity contribution in [2.24, 2.45) is 11.8 Å². The molecule has 0 amide bonds. The van der Waals surface area contributed by atoms with Gasteiger partial charge in [0.1, 0.15) is 0 Å². The van der Waals surface area contributed by atoms with E-state index in [1.807, 2.05) is 0 Å². The third-order valence-electron chi connectivity index (χ3n) is 2.33. The molecule has 2 saturated carbocycles. The zero-order valence-corrected chi connectivity index (χ0v) is 6.44. The molecule has 2 rings (SSSR count). The molecule has 3 nitrogen and oxygen atoms in total. The van der Waals surface area contributed by atoms with Crippen LogP contribution < -0.4 is 0 Å². The minimum atomic E-state index is -0.717. The molecule has 2 aliphatic rings. The van der Waals surface area contributed by atoms with E-state index in [0.29, 0.717) is 11.8 Å². The monoisotopic (exact) mass is 158 g/mol. The highest BCUT2D eigenvalue weighted by Gasteiger charge is 2.36. The maximum absolute atomic E-state index is 9.25. The molecule has 64 valence electrons. The van der Waals surface area contributed by atoms with Gasteiger partial charge in [-0.25, -0.2) is 0 Å². The van der Waals surface area contributed by atoms with E-state index in [2.05, 4.69) is 0 Å². The molecule has 0 aromatic carbocycles. The van der Waals surface area contributed by atoms with Crippen LogP contribution >= 0.6 is 0 Å². The molecule has 0 spiro atoms. The van der Waals surface area contributed by atoms with Crippen LogP contribution in [0.2, 0.25) is 0 Å². The van der Waals surface area contributed by atoms with Gasteiger partial charge in [-0.05, 0) is 25.7 Å². The molecule has 0 aromatic rings. The number of aliphatic hydroxyl groups excluding tert-OH is 2. The standard InChI is InChI=1S/C8H14O3/c9-7(5-1-2-5)11-8(10)6-3-4-6/h5-10H,1-4H2. The smallest absolute Gasteiger partial charge is 0.160 e. The lowest BCUT2D eigenvalue weighted by Crippen LogP contribution is -2.24. The summed E-state index contributed by atoms with van der Waals surface area (Å²) in [7, 11) is 0. The molecule has 2 unspecified atom stereocenters. The first-order valence-electron chi connectivity index (χ1n) is 4.29. The van der Waals surface area contributed by atoms with Gasteiger partial charge in [-0.15, -0.1) is 0 Å². The lowest BCUT2D eigenvalue weighted by Gasteiger charge is -2.15. The van der Waals surface area contributed by atoms with E-state index in [-0.39, 0.29) is 0 Å². The second-order valence-corrected chi connectivity index (χ2v) is 3.59. The van der Waals surface area contributed by atoms with Crippen LogP contribution in [-0.4, -0.2) is 22.8 Å². The first kappa shape index (κ1) is 7.53. The molecule has 0 bridgehead atoms. The normalized spacial score (nSPS) is 30.0. The quantitative estimate of drug-likeness (QED) is 0.584. The highest BCUT2D eigenvalue weighted by Crippen LogP contribution is 2.37. The van der Waals surface area contributed by atoms with Gasteiger partial charge in [-0.1, -0.05) is 0 Å². The van der Waals surface area contributed by atoms with Crippen molar-refractivity contribution in [3.8, 4) is 0 Å². The van der Waals surface area contributed by atoms with Crippen molar-refractivity contribution in [1.29, 1.82) is 0 Å². The van der Waals surface area contributed by atoms with Crippen molar-refractivity contribution in [1.82, 2.24) is 0 Å². The largest absolute Gasteiger partial charge is 0.368 e. The molecular weight excluding hydrogens is 144 g/mol. The first-order chi connectivity index (χ1) is 5.27. The van der Waals surface area contributed by atoms with Crippen molar-refractivity contribution < 1.29 is 14.9 Å². The van der Waals surface area contributed by atoms with Gasteiger partial charge in [0.2, 0.25) is 0 Å². The Bertz CT molecular complexity index is 124. The summed E-state index contributed by atoms with van der Waals surface area (Å²) in [5, 5.41) is 18.5. The van der Waals surface area contributed by atoms with Crippen LogP contribution in [0.25, 0.3) is 0 Å². The van der Waals surface area contributed by atoms with E-state index in [4.69, 9.17) is 4.74 Å². The highest BCUT2D eigenvalue weighted by atomic mass is 16.7.